The number of aliphatic hydroxyl groups is 1. The van der Waals surface area contributed by atoms with Gasteiger partial charge in [-0.2, -0.15) is 13.2 Å². The van der Waals surface area contributed by atoms with Crippen molar-refractivity contribution in [2.45, 2.75) is 50.3 Å². The summed E-state index contributed by atoms with van der Waals surface area (Å²) in [4.78, 5) is 0. The molecular weight excluding hydrogens is 260 g/mol. The third-order valence-electron chi connectivity index (χ3n) is 3.66. The Morgan fingerprint density at radius 1 is 1.11 bits per heavy atom. The minimum atomic E-state index is -4.68. The standard InChI is InChI=1S/C14H16F4O/c15-13-6-5-10(8-12(13)14(16,17)18)9-3-1-2-4-11(19)7-9/h5-6,8-9,11,19H,1-4,7H2. The molecule has 1 nitrogen and oxygen atoms in total. The number of hydrogen-bond donors (Lipinski definition) is 1. The van der Waals surface area contributed by atoms with Crippen molar-refractivity contribution in [1.82, 2.24) is 0 Å². The lowest BCUT2D eigenvalue weighted by Gasteiger charge is -2.18. The molecule has 1 saturated carbocycles. The van der Waals surface area contributed by atoms with Crippen LogP contribution in [-0.2, 0) is 6.18 Å². The van der Waals surface area contributed by atoms with E-state index in [2.05, 4.69) is 0 Å². The van der Waals surface area contributed by atoms with Crippen LogP contribution in [0.1, 0.15) is 49.1 Å². The quantitative estimate of drug-likeness (QED) is 0.600. The molecule has 2 unspecified atom stereocenters. The summed E-state index contributed by atoms with van der Waals surface area (Å²) in [6.45, 7) is 0. The van der Waals surface area contributed by atoms with E-state index in [1.165, 1.54) is 6.07 Å². The van der Waals surface area contributed by atoms with Crippen molar-refractivity contribution in [3.05, 3.63) is 35.1 Å². The highest BCUT2D eigenvalue weighted by atomic mass is 19.4. The fourth-order valence-electron chi connectivity index (χ4n) is 2.65. The number of hydrogen-bond acceptors (Lipinski definition) is 1. The summed E-state index contributed by atoms with van der Waals surface area (Å²) in [6, 6.07) is 3.15. The summed E-state index contributed by atoms with van der Waals surface area (Å²) < 4.78 is 51.2. The summed E-state index contributed by atoms with van der Waals surface area (Å²) in [7, 11) is 0. The zero-order valence-electron chi connectivity index (χ0n) is 10.4. The fourth-order valence-corrected chi connectivity index (χ4v) is 2.65. The molecule has 0 heterocycles. The second kappa shape index (κ2) is 5.49. The molecule has 0 bridgehead atoms. The molecule has 0 aliphatic heterocycles. The van der Waals surface area contributed by atoms with E-state index in [0.29, 0.717) is 18.4 Å². The van der Waals surface area contributed by atoms with Crippen LogP contribution in [0.2, 0.25) is 0 Å². The highest BCUT2D eigenvalue weighted by molar-refractivity contribution is 5.30. The zero-order valence-corrected chi connectivity index (χ0v) is 10.4. The average molecular weight is 276 g/mol. The molecule has 1 N–H and O–H groups in total. The zero-order chi connectivity index (χ0) is 14.0. The van der Waals surface area contributed by atoms with Gasteiger partial charge in [0.25, 0.3) is 0 Å². The van der Waals surface area contributed by atoms with E-state index in [-0.39, 0.29) is 5.92 Å². The Bertz CT molecular complexity index is 442. The Morgan fingerprint density at radius 3 is 2.47 bits per heavy atom. The van der Waals surface area contributed by atoms with Crippen molar-refractivity contribution in [3.8, 4) is 0 Å². The summed E-state index contributed by atoms with van der Waals surface area (Å²) in [5, 5.41) is 9.71. The van der Waals surface area contributed by atoms with E-state index in [0.717, 1.165) is 31.4 Å². The van der Waals surface area contributed by atoms with Crippen molar-refractivity contribution >= 4 is 0 Å². The normalized spacial score (nSPS) is 25.1. The van der Waals surface area contributed by atoms with E-state index in [1.807, 2.05) is 0 Å². The Hall–Kier alpha value is -1.10. The van der Waals surface area contributed by atoms with Crippen LogP contribution >= 0.6 is 0 Å². The first-order valence-electron chi connectivity index (χ1n) is 6.42. The van der Waals surface area contributed by atoms with Gasteiger partial charge >= 0.3 is 6.18 Å². The Kier molecular flexibility index (Phi) is 4.13. The molecule has 0 saturated heterocycles. The second-order valence-corrected chi connectivity index (χ2v) is 5.11. The van der Waals surface area contributed by atoms with Gasteiger partial charge < -0.3 is 5.11 Å². The minimum absolute atomic E-state index is 0.126. The van der Waals surface area contributed by atoms with Crippen LogP contribution < -0.4 is 0 Å². The molecule has 1 fully saturated rings. The van der Waals surface area contributed by atoms with Gasteiger partial charge in [-0.15, -0.1) is 0 Å². The lowest BCUT2D eigenvalue weighted by atomic mass is 9.90. The van der Waals surface area contributed by atoms with Crippen molar-refractivity contribution < 1.29 is 22.7 Å². The Morgan fingerprint density at radius 2 is 1.79 bits per heavy atom. The Labute approximate surface area is 109 Å². The molecule has 1 aromatic carbocycles. The number of aliphatic hydroxyl groups excluding tert-OH is 1. The molecule has 2 atom stereocenters. The van der Waals surface area contributed by atoms with Gasteiger partial charge in [0.05, 0.1) is 11.7 Å². The van der Waals surface area contributed by atoms with Gasteiger partial charge in [-0.1, -0.05) is 18.9 Å². The smallest absolute Gasteiger partial charge is 0.393 e. The van der Waals surface area contributed by atoms with Crippen molar-refractivity contribution in [2.75, 3.05) is 0 Å². The van der Waals surface area contributed by atoms with Gasteiger partial charge in [0.2, 0.25) is 0 Å². The predicted octanol–water partition coefficient (Wildman–Crippen LogP) is 4.25. The monoisotopic (exact) mass is 276 g/mol. The first-order chi connectivity index (χ1) is 8.88. The van der Waals surface area contributed by atoms with Gasteiger partial charge in [-0.05, 0) is 42.9 Å². The van der Waals surface area contributed by atoms with Crippen LogP contribution in [0.5, 0.6) is 0 Å². The molecule has 106 valence electrons. The number of benzene rings is 1. The number of rotatable bonds is 1. The van der Waals surface area contributed by atoms with Gasteiger partial charge in [0, 0.05) is 0 Å². The second-order valence-electron chi connectivity index (χ2n) is 5.11. The molecule has 1 aliphatic rings. The molecule has 0 aromatic heterocycles. The largest absolute Gasteiger partial charge is 0.419 e. The maximum atomic E-state index is 13.2. The molecule has 5 heteroatoms. The SMILES string of the molecule is OC1CCCCC(c2ccc(F)c(C(F)(F)F)c2)C1. The van der Waals surface area contributed by atoms with Crippen LogP contribution in [-0.4, -0.2) is 11.2 Å². The van der Waals surface area contributed by atoms with Gasteiger partial charge in [-0.3, -0.25) is 0 Å². The summed E-state index contributed by atoms with van der Waals surface area (Å²) in [5.41, 5.74) is -0.751. The predicted molar refractivity (Wildman–Crippen MR) is 63.2 cm³/mol. The van der Waals surface area contributed by atoms with Gasteiger partial charge in [-0.25, -0.2) is 4.39 Å². The van der Waals surface area contributed by atoms with Crippen LogP contribution in [0.15, 0.2) is 18.2 Å². The molecule has 0 spiro atoms. The highest BCUT2D eigenvalue weighted by Crippen LogP contribution is 2.37. The van der Waals surface area contributed by atoms with Crippen LogP contribution in [0, 0.1) is 5.82 Å². The van der Waals surface area contributed by atoms with Crippen LogP contribution in [0.4, 0.5) is 17.6 Å². The lowest BCUT2D eigenvalue weighted by Crippen LogP contribution is -2.12. The molecule has 19 heavy (non-hydrogen) atoms. The topological polar surface area (TPSA) is 20.2 Å². The minimum Gasteiger partial charge on any atom is -0.393 e. The highest BCUT2D eigenvalue weighted by Gasteiger charge is 2.35. The van der Waals surface area contributed by atoms with E-state index in [9.17, 15) is 22.7 Å². The summed E-state index contributed by atoms with van der Waals surface area (Å²) in [6.07, 6.45) is -1.53. The molecule has 1 aromatic rings. The first kappa shape index (κ1) is 14.3. The van der Waals surface area contributed by atoms with Gasteiger partial charge in [0.15, 0.2) is 0 Å². The average Bonchev–Trinajstić information content (AvgIpc) is 2.53. The van der Waals surface area contributed by atoms with Gasteiger partial charge in [0.1, 0.15) is 5.82 Å². The van der Waals surface area contributed by atoms with E-state index < -0.39 is 23.7 Å². The molecule has 0 amide bonds. The van der Waals surface area contributed by atoms with Crippen molar-refractivity contribution in [3.63, 3.8) is 0 Å². The maximum Gasteiger partial charge on any atom is 0.419 e. The third-order valence-corrected chi connectivity index (χ3v) is 3.66. The summed E-state index contributed by atoms with van der Waals surface area (Å²) >= 11 is 0. The van der Waals surface area contributed by atoms with Crippen molar-refractivity contribution in [1.29, 1.82) is 0 Å². The van der Waals surface area contributed by atoms with Crippen molar-refractivity contribution in [2.24, 2.45) is 0 Å². The molecule has 1 aliphatic carbocycles. The number of alkyl halides is 3. The summed E-state index contributed by atoms with van der Waals surface area (Å²) in [5.74, 6) is -1.37. The maximum absolute atomic E-state index is 13.2. The van der Waals surface area contributed by atoms with Crippen LogP contribution in [0.3, 0.4) is 0 Å². The van der Waals surface area contributed by atoms with E-state index in [1.54, 1.807) is 0 Å². The van der Waals surface area contributed by atoms with E-state index in [4.69, 9.17) is 0 Å². The third kappa shape index (κ3) is 3.47. The van der Waals surface area contributed by atoms with E-state index >= 15 is 0 Å². The lowest BCUT2D eigenvalue weighted by molar-refractivity contribution is -0.140. The molecule has 0 radical (unpaired) electrons. The first-order valence-corrected chi connectivity index (χ1v) is 6.42. The molecule has 2 rings (SSSR count). The Balaban J connectivity index is 2.29. The molecular formula is C14H16F4O. The number of halogens is 4. The van der Waals surface area contributed by atoms with Crippen LogP contribution in [0.25, 0.3) is 0 Å². The fraction of sp³-hybridized carbons (Fsp3) is 0.571.